The van der Waals surface area contributed by atoms with Crippen LogP contribution in [-0.2, 0) is 0 Å². The van der Waals surface area contributed by atoms with Crippen LogP contribution in [0.15, 0.2) is 22.7 Å². The van der Waals surface area contributed by atoms with E-state index in [-0.39, 0.29) is 6.04 Å². The number of terminal acetylenes is 1. The van der Waals surface area contributed by atoms with Crippen molar-refractivity contribution in [1.29, 1.82) is 0 Å². The molecule has 0 bridgehead atoms. The second-order valence-electron chi connectivity index (χ2n) is 4.13. The van der Waals surface area contributed by atoms with E-state index < -0.39 is 0 Å². The highest BCUT2D eigenvalue weighted by Crippen LogP contribution is 2.29. The van der Waals surface area contributed by atoms with Crippen molar-refractivity contribution in [2.45, 2.75) is 26.3 Å². The van der Waals surface area contributed by atoms with Crippen LogP contribution in [-0.4, -0.2) is 13.1 Å². The minimum Gasteiger partial charge on any atom is -0.359 e. The summed E-state index contributed by atoms with van der Waals surface area (Å²) in [6.45, 7) is 5.71. The van der Waals surface area contributed by atoms with Gasteiger partial charge in [-0.25, -0.2) is 0 Å². The molecule has 1 aromatic rings. The summed E-state index contributed by atoms with van der Waals surface area (Å²) in [5.41, 5.74) is 8.12. The summed E-state index contributed by atoms with van der Waals surface area (Å²) in [5.74, 6) is 2.70. The number of hydrogen-bond acceptors (Lipinski definition) is 2. The van der Waals surface area contributed by atoms with Crippen LogP contribution in [0.4, 0.5) is 5.69 Å². The third-order valence-corrected chi connectivity index (χ3v) is 3.25. The molecule has 0 aliphatic rings. The fourth-order valence-electron chi connectivity index (χ4n) is 1.73. The lowest BCUT2D eigenvalue weighted by molar-refractivity contribution is 0.806. The molecule has 0 aliphatic carbocycles. The molecule has 1 aromatic carbocycles. The molecule has 17 heavy (non-hydrogen) atoms. The Bertz CT molecular complexity index is 407. The average molecular weight is 295 g/mol. The highest BCUT2D eigenvalue weighted by atomic mass is 79.9. The largest absolute Gasteiger partial charge is 0.359 e. The Morgan fingerprint density at radius 3 is 2.71 bits per heavy atom. The Hall–Kier alpha value is -0.980. The number of halogens is 1. The van der Waals surface area contributed by atoms with Crippen molar-refractivity contribution in [2.24, 2.45) is 5.73 Å². The van der Waals surface area contributed by atoms with Crippen molar-refractivity contribution in [3.8, 4) is 12.3 Å². The lowest BCUT2D eigenvalue weighted by Gasteiger charge is -2.23. The standard InChI is InChI=1S/C14H19BrN2/c1-4-8-17(9-5-2)14-7-6-12(11(3)16)10-13(14)15/h1,6-7,10-11H,5,8-9,16H2,2-3H3. The van der Waals surface area contributed by atoms with Gasteiger partial charge in [0.15, 0.2) is 0 Å². The Kier molecular flexibility index (Phi) is 5.54. The van der Waals surface area contributed by atoms with Crippen molar-refractivity contribution in [2.75, 3.05) is 18.0 Å². The van der Waals surface area contributed by atoms with Crippen LogP contribution in [0.25, 0.3) is 0 Å². The Labute approximate surface area is 112 Å². The maximum absolute atomic E-state index is 5.86. The first-order valence-corrected chi connectivity index (χ1v) is 6.62. The lowest BCUT2D eigenvalue weighted by Crippen LogP contribution is -2.24. The molecule has 2 nitrogen and oxygen atoms in total. The molecule has 0 radical (unpaired) electrons. The van der Waals surface area contributed by atoms with Gasteiger partial charge in [-0.05, 0) is 47.0 Å². The van der Waals surface area contributed by atoms with Crippen LogP contribution < -0.4 is 10.6 Å². The number of nitrogens with zero attached hydrogens (tertiary/aromatic N) is 1. The number of anilines is 1. The monoisotopic (exact) mass is 294 g/mol. The van der Waals surface area contributed by atoms with E-state index >= 15 is 0 Å². The van der Waals surface area contributed by atoms with Crippen LogP contribution in [0.5, 0.6) is 0 Å². The Morgan fingerprint density at radius 1 is 1.53 bits per heavy atom. The Morgan fingerprint density at radius 2 is 2.24 bits per heavy atom. The zero-order valence-corrected chi connectivity index (χ0v) is 12.0. The normalized spacial score (nSPS) is 11.9. The third-order valence-electron chi connectivity index (χ3n) is 2.61. The molecule has 3 heteroatoms. The highest BCUT2D eigenvalue weighted by Gasteiger charge is 2.10. The van der Waals surface area contributed by atoms with Gasteiger partial charge in [0, 0.05) is 17.1 Å². The van der Waals surface area contributed by atoms with E-state index in [1.807, 2.05) is 6.92 Å². The van der Waals surface area contributed by atoms with E-state index in [1.54, 1.807) is 0 Å². The molecule has 2 N–H and O–H groups in total. The topological polar surface area (TPSA) is 29.3 Å². The zero-order valence-electron chi connectivity index (χ0n) is 10.4. The smallest absolute Gasteiger partial charge is 0.0792 e. The van der Waals surface area contributed by atoms with Crippen LogP contribution in [0.3, 0.4) is 0 Å². The maximum atomic E-state index is 5.86. The molecule has 0 heterocycles. The van der Waals surface area contributed by atoms with E-state index in [0.29, 0.717) is 6.54 Å². The first kappa shape index (κ1) is 14.1. The van der Waals surface area contributed by atoms with Gasteiger partial charge in [-0.1, -0.05) is 18.9 Å². The molecule has 1 unspecified atom stereocenters. The maximum Gasteiger partial charge on any atom is 0.0792 e. The lowest BCUT2D eigenvalue weighted by atomic mass is 10.1. The SMILES string of the molecule is C#CCN(CCC)c1ccc(C(C)N)cc1Br. The second-order valence-corrected chi connectivity index (χ2v) is 4.98. The summed E-state index contributed by atoms with van der Waals surface area (Å²) >= 11 is 3.59. The average Bonchev–Trinajstić information content (AvgIpc) is 2.28. The van der Waals surface area contributed by atoms with Crippen molar-refractivity contribution in [3.63, 3.8) is 0 Å². The molecular formula is C14H19BrN2. The molecule has 0 saturated carbocycles. The minimum absolute atomic E-state index is 0.0487. The number of nitrogens with two attached hydrogens (primary N) is 1. The molecule has 1 rings (SSSR count). The number of benzene rings is 1. The van der Waals surface area contributed by atoms with Crippen molar-refractivity contribution >= 4 is 21.6 Å². The first-order chi connectivity index (χ1) is 8.10. The van der Waals surface area contributed by atoms with E-state index in [0.717, 1.165) is 28.7 Å². The predicted molar refractivity (Wildman–Crippen MR) is 78.1 cm³/mol. The van der Waals surface area contributed by atoms with Crippen molar-refractivity contribution < 1.29 is 0 Å². The van der Waals surface area contributed by atoms with Gasteiger partial charge in [0.25, 0.3) is 0 Å². The molecule has 1 atom stereocenters. The summed E-state index contributed by atoms with van der Waals surface area (Å²) in [4.78, 5) is 2.19. The first-order valence-electron chi connectivity index (χ1n) is 5.83. The molecular weight excluding hydrogens is 276 g/mol. The third kappa shape index (κ3) is 3.76. The summed E-state index contributed by atoms with van der Waals surface area (Å²) in [5, 5.41) is 0. The van der Waals surface area contributed by atoms with Gasteiger partial charge in [0.2, 0.25) is 0 Å². The van der Waals surface area contributed by atoms with Crippen LogP contribution in [0, 0.1) is 12.3 Å². The van der Waals surface area contributed by atoms with Gasteiger partial charge in [-0.3, -0.25) is 0 Å². The van der Waals surface area contributed by atoms with Crippen LogP contribution >= 0.6 is 15.9 Å². The number of rotatable bonds is 5. The van der Waals surface area contributed by atoms with Crippen LogP contribution in [0.2, 0.25) is 0 Å². The van der Waals surface area contributed by atoms with Gasteiger partial charge < -0.3 is 10.6 Å². The number of hydrogen-bond donors (Lipinski definition) is 1. The molecule has 0 fully saturated rings. The van der Waals surface area contributed by atoms with E-state index in [4.69, 9.17) is 12.2 Å². The Balaban J connectivity index is 3.00. The molecule has 0 spiro atoms. The summed E-state index contributed by atoms with van der Waals surface area (Å²) in [7, 11) is 0. The minimum atomic E-state index is 0.0487. The fourth-order valence-corrected chi connectivity index (χ4v) is 2.37. The van der Waals surface area contributed by atoms with Gasteiger partial charge in [0.05, 0.1) is 12.2 Å². The quantitative estimate of drug-likeness (QED) is 0.844. The van der Waals surface area contributed by atoms with Crippen molar-refractivity contribution in [3.05, 3.63) is 28.2 Å². The summed E-state index contributed by atoms with van der Waals surface area (Å²) < 4.78 is 1.05. The van der Waals surface area contributed by atoms with E-state index in [1.165, 1.54) is 0 Å². The molecule has 0 saturated heterocycles. The van der Waals surface area contributed by atoms with Crippen molar-refractivity contribution in [1.82, 2.24) is 0 Å². The van der Waals surface area contributed by atoms with Crippen LogP contribution in [0.1, 0.15) is 31.9 Å². The molecule has 0 aromatic heterocycles. The zero-order chi connectivity index (χ0) is 12.8. The molecule has 0 amide bonds. The van der Waals surface area contributed by atoms with Gasteiger partial charge in [-0.15, -0.1) is 6.42 Å². The molecule has 0 aliphatic heterocycles. The van der Waals surface area contributed by atoms with E-state index in [9.17, 15) is 0 Å². The summed E-state index contributed by atoms with van der Waals surface area (Å²) in [6, 6.07) is 6.26. The van der Waals surface area contributed by atoms with Gasteiger partial charge in [-0.2, -0.15) is 0 Å². The fraction of sp³-hybridized carbons (Fsp3) is 0.429. The van der Waals surface area contributed by atoms with Gasteiger partial charge in [0.1, 0.15) is 0 Å². The van der Waals surface area contributed by atoms with Gasteiger partial charge >= 0.3 is 0 Å². The van der Waals surface area contributed by atoms with E-state index in [2.05, 4.69) is 51.9 Å². The second kappa shape index (κ2) is 6.68. The highest BCUT2D eigenvalue weighted by molar-refractivity contribution is 9.10. The summed E-state index contributed by atoms with van der Waals surface area (Å²) in [6.07, 6.45) is 6.47. The molecule has 92 valence electrons. The predicted octanol–water partition coefficient (Wildman–Crippen LogP) is 3.32.